The number of aliphatic hydroxyl groups excluding tert-OH is 1. The molecule has 2 heterocycles. The summed E-state index contributed by atoms with van der Waals surface area (Å²) in [6.45, 7) is 10.4. The molecule has 0 aliphatic carbocycles. The average Bonchev–Trinajstić information content (AvgIpc) is 2.83. The summed E-state index contributed by atoms with van der Waals surface area (Å²) >= 11 is 1.74. The summed E-state index contributed by atoms with van der Waals surface area (Å²) in [6, 6.07) is 0. The van der Waals surface area contributed by atoms with Crippen LogP contribution in [0.5, 0.6) is 0 Å². The molecule has 0 bridgehead atoms. The minimum atomic E-state index is 0.117. The Labute approximate surface area is 123 Å². The predicted octanol–water partition coefficient (Wildman–Crippen LogP) is 1.86. The first-order valence-electron chi connectivity index (χ1n) is 6.80. The second-order valence-corrected chi connectivity index (χ2v) is 6.34. The number of aliphatic hydroxyl groups is 1. The van der Waals surface area contributed by atoms with Gasteiger partial charge in [-0.1, -0.05) is 0 Å². The van der Waals surface area contributed by atoms with E-state index in [2.05, 4.69) is 22.3 Å². The lowest BCUT2D eigenvalue weighted by atomic mass is 10.2. The quantitative estimate of drug-likeness (QED) is 0.853. The molecule has 0 atom stereocenters. The van der Waals surface area contributed by atoms with E-state index < -0.39 is 0 Å². The molecule has 0 unspecified atom stereocenters. The van der Waals surface area contributed by atoms with Gasteiger partial charge < -0.3 is 10.4 Å². The van der Waals surface area contributed by atoms with Crippen LogP contribution in [0.15, 0.2) is 0 Å². The Morgan fingerprint density at radius 2 is 1.95 bits per heavy atom. The molecular weight excluding hydrogens is 272 g/mol. The maximum absolute atomic E-state index is 9.02. The predicted molar refractivity (Wildman–Crippen MR) is 80.9 cm³/mol. The van der Waals surface area contributed by atoms with Crippen molar-refractivity contribution in [3.63, 3.8) is 0 Å². The molecule has 2 rings (SSSR count). The van der Waals surface area contributed by atoms with Gasteiger partial charge in [0.05, 0.1) is 29.5 Å². The zero-order valence-corrected chi connectivity index (χ0v) is 13.3. The molecule has 0 saturated heterocycles. The van der Waals surface area contributed by atoms with Crippen molar-refractivity contribution >= 4 is 11.3 Å². The molecule has 2 aromatic heterocycles. The second kappa shape index (κ2) is 6.47. The van der Waals surface area contributed by atoms with Gasteiger partial charge >= 0.3 is 0 Å². The number of nitrogens with zero attached hydrogens (tertiary/aromatic N) is 3. The van der Waals surface area contributed by atoms with Gasteiger partial charge in [-0.2, -0.15) is 5.10 Å². The van der Waals surface area contributed by atoms with Crippen LogP contribution in [-0.2, 0) is 19.6 Å². The SMILES string of the molecule is Cc1nc(CNCc2c(C)nn(CCO)c2C)c(C)s1. The van der Waals surface area contributed by atoms with Crippen LogP contribution in [0.4, 0.5) is 0 Å². The molecule has 0 aliphatic rings. The number of hydrogen-bond acceptors (Lipinski definition) is 5. The van der Waals surface area contributed by atoms with Crippen molar-refractivity contribution in [2.75, 3.05) is 6.61 Å². The van der Waals surface area contributed by atoms with E-state index in [-0.39, 0.29) is 6.61 Å². The molecule has 0 saturated carbocycles. The van der Waals surface area contributed by atoms with Crippen LogP contribution in [0.25, 0.3) is 0 Å². The van der Waals surface area contributed by atoms with E-state index in [0.29, 0.717) is 6.54 Å². The van der Waals surface area contributed by atoms with Gasteiger partial charge in [0.2, 0.25) is 0 Å². The zero-order chi connectivity index (χ0) is 14.7. The molecule has 6 heteroatoms. The van der Waals surface area contributed by atoms with Crippen LogP contribution in [0.2, 0.25) is 0 Å². The van der Waals surface area contributed by atoms with E-state index >= 15 is 0 Å². The first-order valence-corrected chi connectivity index (χ1v) is 7.62. The number of nitrogens with one attached hydrogen (secondary N) is 1. The van der Waals surface area contributed by atoms with E-state index in [0.717, 1.165) is 35.2 Å². The van der Waals surface area contributed by atoms with Gasteiger partial charge in [-0.3, -0.25) is 4.68 Å². The van der Waals surface area contributed by atoms with Crippen LogP contribution < -0.4 is 5.32 Å². The zero-order valence-electron chi connectivity index (χ0n) is 12.5. The molecule has 5 nitrogen and oxygen atoms in total. The standard InChI is InChI=1S/C14H22N4OS/c1-9-13(10(2)18(17-9)5-6-19)7-15-8-14-11(3)20-12(4)16-14/h15,19H,5-8H2,1-4H3. The summed E-state index contributed by atoms with van der Waals surface area (Å²) in [5.74, 6) is 0. The third-order valence-electron chi connectivity index (χ3n) is 3.44. The normalized spacial score (nSPS) is 11.2. The fourth-order valence-corrected chi connectivity index (χ4v) is 3.18. The van der Waals surface area contributed by atoms with Crippen molar-refractivity contribution in [2.24, 2.45) is 0 Å². The molecule has 20 heavy (non-hydrogen) atoms. The molecule has 0 radical (unpaired) electrons. The van der Waals surface area contributed by atoms with Gasteiger partial charge in [0.25, 0.3) is 0 Å². The van der Waals surface area contributed by atoms with Crippen molar-refractivity contribution in [1.82, 2.24) is 20.1 Å². The Bertz CT molecular complexity index is 588. The molecule has 2 aromatic rings. The summed E-state index contributed by atoms with van der Waals surface area (Å²) in [5, 5.41) is 18.0. The topological polar surface area (TPSA) is 63.0 Å². The Kier molecular flexibility index (Phi) is 4.91. The first kappa shape index (κ1) is 15.2. The van der Waals surface area contributed by atoms with E-state index in [4.69, 9.17) is 5.11 Å². The number of aromatic nitrogens is 3. The molecule has 0 aliphatic heterocycles. The van der Waals surface area contributed by atoms with Crippen LogP contribution in [0, 0.1) is 27.7 Å². The lowest BCUT2D eigenvalue weighted by Crippen LogP contribution is -2.15. The van der Waals surface area contributed by atoms with Crippen LogP contribution in [0.3, 0.4) is 0 Å². The summed E-state index contributed by atoms with van der Waals surface area (Å²) in [6.07, 6.45) is 0. The Morgan fingerprint density at radius 3 is 2.55 bits per heavy atom. The highest BCUT2D eigenvalue weighted by molar-refractivity contribution is 7.11. The number of aryl methyl sites for hydroxylation is 3. The smallest absolute Gasteiger partial charge is 0.0900 e. The van der Waals surface area contributed by atoms with Crippen molar-refractivity contribution in [2.45, 2.75) is 47.3 Å². The van der Waals surface area contributed by atoms with Gasteiger partial charge in [0.15, 0.2) is 0 Å². The molecule has 110 valence electrons. The minimum absolute atomic E-state index is 0.117. The fraction of sp³-hybridized carbons (Fsp3) is 0.571. The van der Waals surface area contributed by atoms with Crippen LogP contribution >= 0.6 is 11.3 Å². The fourth-order valence-electron chi connectivity index (χ4n) is 2.34. The molecule has 0 aromatic carbocycles. The monoisotopic (exact) mass is 294 g/mol. The molecule has 0 amide bonds. The highest BCUT2D eigenvalue weighted by Crippen LogP contribution is 2.17. The maximum Gasteiger partial charge on any atom is 0.0900 e. The summed E-state index contributed by atoms with van der Waals surface area (Å²) in [4.78, 5) is 5.80. The Morgan fingerprint density at radius 1 is 1.20 bits per heavy atom. The first-order chi connectivity index (χ1) is 9.52. The largest absolute Gasteiger partial charge is 0.394 e. The summed E-state index contributed by atoms with van der Waals surface area (Å²) in [5.41, 5.74) is 4.48. The van der Waals surface area contributed by atoms with E-state index in [9.17, 15) is 0 Å². The van der Waals surface area contributed by atoms with E-state index in [1.165, 1.54) is 10.4 Å². The Balaban J connectivity index is 1.99. The van der Waals surface area contributed by atoms with Gasteiger partial charge in [0, 0.05) is 29.2 Å². The van der Waals surface area contributed by atoms with Crippen molar-refractivity contribution in [3.05, 3.63) is 32.5 Å². The number of rotatable bonds is 6. The molecule has 2 N–H and O–H groups in total. The third-order valence-corrected chi connectivity index (χ3v) is 4.37. The minimum Gasteiger partial charge on any atom is -0.394 e. The van der Waals surface area contributed by atoms with Crippen molar-refractivity contribution in [3.8, 4) is 0 Å². The highest BCUT2D eigenvalue weighted by Gasteiger charge is 2.11. The molecule has 0 fully saturated rings. The van der Waals surface area contributed by atoms with Crippen molar-refractivity contribution in [1.29, 1.82) is 0 Å². The third kappa shape index (κ3) is 3.26. The lowest BCUT2D eigenvalue weighted by molar-refractivity contribution is 0.267. The maximum atomic E-state index is 9.02. The van der Waals surface area contributed by atoms with E-state index in [1.54, 1.807) is 11.3 Å². The molecule has 0 spiro atoms. The molecular formula is C14H22N4OS. The van der Waals surface area contributed by atoms with Crippen LogP contribution in [0.1, 0.15) is 32.5 Å². The highest BCUT2D eigenvalue weighted by atomic mass is 32.1. The summed E-state index contributed by atoms with van der Waals surface area (Å²) < 4.78 is 1.87. The second-order valence-electron chi connectivity index (χ2n) is 4.94. The number of hydrogen-bond donors (Lipinski definition) is 2. The summed E-state index contributed by atoms with van der Waals surface area (Å²) in [7, 11) is 0. The van der Waals surface area contributed by atoms with Crippen LogP contribution in [-0.4, -0.2) is 26.5 Å². The van der Waals surface area contributed by atoms with Gasteiger partial charge in [-0.25, -0.2) is 4.98 Å². The van der Waals surface area contributed by atoms with E-state index in [1.807, 2.05) is 25.5 Å². The lowest BCUT2D eigenvalue weighted by Gasteiger charge is -2.05. The van der Waals surface area contributed by atoms with Gasteiger partial charge in [-0.15, -0.1) is 11.3 Å². The van der Waals surface area contributed by atoms with Gasteiger partial charge in [-0.05, 0) is 27.7 Å². The van der Waals surface area contributed by atoms with Gasteiger partial charge in [0.1, 0.15) is 0 Å². The number of thiazole rings is 1. The Hall–Kier alpha value is -1.24. The average molecular weight is 294 g/mol. The van der Waals surface area contributed by atoms with Crippen molar-refractivity contribution < 1.29 is 5.11 Å².